The number of nitrogens with one attached hydrogen (secondary N) is 3. The number of carbonyl (C=O) groups excluding carboxylic acids is 5. The molecule has 65 heavy (non-hydrogen) atoms. The Kier molecular flexibility index (Phi) is 18.5. The van der Waals surface area contributed by atoms with Gasteiger partial charge in [-0.3, -0.25) is 24.0 Å². The molecule has 13 nitrogen and oxygen atoms in total. The molecule has 0 heterocycles. The summed E-state index contributed by atoms with van der Waals surface area (Å²) in [7, 11) is -3.83. The number of hydrogen-bond acceptors (Lipinski definition) is 10. The van der Waals surface area contributed by atoms with Gasteiger partial charge in [-0.15, -0.1) is 0 Å². The van der Waals surface area contributed by atoms with Crippen LogP contribution in [0.25, 0.3) is 21.5 Å². The molecular formula is C50H58N3O10PS. The Morgan fingerprint density at radius 3 is 1.71 bits per heavy atom. The number of ketones is 2. The third-order valence-electron chi connectivity index (χ3n) is 11.1. The molecule has 5 aromatic carbocycles. The molecule has 5 aromatic rings. The summed E-state index contributed by atoms with van der Waals surface area (Å²) in [5, 5.41) is 22.3. The van der Waals surface area contributed by atoms with Crippen molar-refractivity contribution in [3.8, 4) is 5.75 Å². The Morgan fingerprint density at radius 2 is 1.17 bits per heavy atom. The van der Waals surface area contributed by atoms with Crippen LogP contribution in [0.5, 0.6) is 5.75 Å². The number of fused-ring (bicyclic) bond motifs is 2. The number of carboxylic acids is 1. The van der Waals surface area contributed by atoms with E-state index in [4.69, 9.17) is 4.52 Å². The molecule has 0 aliphatic carbocycles. The predicted octanol–water partition coefficient (Wildman–Crippen LogP) is 6.70. The second-order valence-electron chi connectivity index (χ2n) is 16.8. The molecule has 0 radical (unpaired) electrons. The molecule has 0 fully saturated rings. The van der Waals surface area contributed by atoms with Crippen LogP contribution in [-0.2, 0) is 48.0 Å². The minimum Gasteiger partial charge on any atom is -0.480 e. The summed E-state index contributed by atoms with van der Waals surface area (Å²) in [5.41, 5.74) is 1.99. The van der Waals surface area contributed by atoms with E-state index in [-0.39, 0.29) is 49.6 Å². The van der Waals surface area contributed by atoms with E-state index in [0.717, 1.165) is 32.7 Å². The van der Waals surface area contributed by atoms with Gasteiger partial charge >= 0.3 is 5.97 Å². The van der Waals surface area contributed by atoms with Gasteiger partial charge in [0, 0.05) is 31.1 Å². The average molecular weight is 924 g/mol. The first-order chi connectivity index (χ1) is 31.0. The van der Waals surface area contributed by atoms with Gasteiger partial charge in [-0.05, 0) is 100 Å². The summed E-state index contributed by atoms with van der Waals surface area (Å²) >= 11 is 1.53. The van der Waals surface area contributed by atoms with E-state index < -0.39 is 61.1 Å². The van der Waals surface area contributed by atoms with E-state index in [1.807, 2.05) is 105 Å². The maximum absolute atomic E-state index is 14.8. The lowest BCUT2D eigenvalue weighted by atomic mass is 9.87. The number of amides is 3. The molecule has 0 aromatic heterocycles. The summed E-state index contributed by atoms with van der Waals surface area (Å²) in [4.78, 5) is 100. The fraction of sp³-hybridized carbons (Fsp3) is 0.340. The number of benzene rings is 5. The van der Waals surface area contributed by atoms with Crippen LogP contribution < -0.4 is 20.5 Å². The summed E-state index contributed by atoms with van der Waals surface area (Å²) in [6.07, 6.45) is 5.80. The lowest BCUT2D eigenvalue weighted by Crippen LogP contribution is -2.49. The highest BCUT2D eigenvalue weighted by atomic mass is 32.2. The molecule has 5 atom stereocenters. The van der Waals surface area contributed by atoms with Gasteiger partial charge in [0.2, 0.25) is 18.2 Å². The zero-order valence-corrected chi connectivity index (χ0v) is 38.6. The molecule has 3 unspecified atom stereocenters. The molecule has 0 saturated carbocycles. The molecule has 15 heteroatoms. The third kappa shape index (κ3) is 15.7. The number of hydrogen-bond donors (Lipinski definition) is 6. The van der Waals surface area contributed by atoms with Crippen LogP contribution in [0.1, 0.15) is 56.2 Å². The lowest BCUT2D eigenvalue weighted by molar-refractivity contribution is -0.142. The van der Waals surface area contributed by atoms with Gasteiger partial charge in [-0.25, -0.2) is 4.79 Å². The van der Waals surface area contributed by atoms with Crippen LogP contribution in [-0.4, -0.2) is 87.1 Å². The van der Waals surface area contributed by atoms with Gasteiger partial charge in [0.1, 0.15) is 11.8 Å². The highest BCUT2D eigenvalue weighted by Gasteiger charge is 2.34. The first-order valence-electron chi connectivity index (χ1n) is 21.5. The van der Waals surface area contributed by atoms with Crippen LogP contribution in [0.15, 0.2) is 109 Å². The smallest absolute Gasteiger partial charge is 0.326 e. The summed E-state index contributed by atoms with van der Waals surface area (Å²) in [6.45, 7) is 3.87. The summed E-state index contributed by atoms with van der Waals surface area (Å²) in [6, 6.07) is 29.5. The minimum atomic E-state index is -3.83. The Bertz CT molecular complexity index is 2510. The molecule has 0 saturated heterocycles. The SMILES string of the molecule is C=P(O)(O)Oc1ccc(CC(NC(=O)C(CC(=O)C(Cc2ccc3ccccc3c2)NC(=O)[C@H](CC(=O)[C@@H](CCSC)NC=O)CC(C)C)Cc2ccc3ccccc3c2)C(=O)O)cc1. The molecule has 0 aliphatic rings. The van der Waals surface area contributed by atoms with Gasteiger partial charge in [0.05, 0.1) is 12.1 Å². The lowest BCUT2D eigenvalue weighted by Gasteiger charge is -2.26. The van der Waals surface area contributed by atoms with Gasteiger partial charge in [-0.1, -0.05) is 111 Å². The van der Waals surface area contributed by atoms with Gasteiger partial charge < -0.3 is 35.4 Å². The van der Waals surface area contributed by atoms with E-state index in [1.165, 1.54) is 36.0 Å². The van der Waals surface area contributed by atoms with Crippen LogP contribution >= 0.6 is 19.3 Å². The van der Waals surface area contributed by atoms with Crippen molar-refractivity contribution in [2.45, 2.75) is 76.9 Å². The topological polar surface area (TPSA) is 208 Å². The predicted molar refractivity (Wildman–Crippen MR) is 258 cm³/mol. The van der Waals surface area contributed by atoms with Crippen molar-refractivity contribution in [1.82, 2.24) is 16.0 Å². The molecule has 3 amide bonds. The minimum absolute atomic E-state index is 0.0101. The van der Waals surface area contributed by atoms with E-state index >= 15 is 0 Å². The van der Waals surface area contributed by atoms with E-state index in [0.29, 0.717) is 30.6 Å². The Hall–Kier alpha value is -5.79. The van der Waals surface area contributed by atoms with Crippen LogP contribution in [0, 0.1) is 17.8 Å². The molecule has 0 aliphatic heterocycles. The monoisotopic (exact) mass is 923 g/mol. The van der Waals surface area contributed by atoms with Crippen molar-refractivity contribution in [1.29, 1.82) is 0 Å². The van der Waals surface area contributed by atoms with Crippen molar-refractivity contribution in [3.05, 3.63) is 126 Å². The Balaban J connectivity index is 1.46. The number of aliphatic carboxylic acids is 1. The molecular weight excluding hydrogens is 866 g/mol. The molecule has 0 spiro atoms. The molecule has 344 valence electrons. The van der Waals surface area contributed by atoms with Crippen molar-refractivity contribution in [2.24, 2.45) is 17.8 Å². The van der Waals surface area contributed by atoms with E-state index in [1.54, 1.807) is 0 Å². The van der Waals surface area contributed by atoms with Gasteiger partial charge in [0.25, 0.3) is 7.57 Å². The van der Waals surface area contributed by atoms with Gasteiger partial charge in [-0.2, -0.15) is 11.8 Å². The second-order valence-corrected chi connectivity index (χ2v) is 19.3. The Morgan fingerprint density at radius 1 is 0.677 bits per heavy atom. The van der Waals surface area contributed by atoms with Crippen molar-refractivity contribution < 1.29 is 48.2 Å². The third-order valence-corrected chi connectivity index (χ3v) is 12.3. The molecule has 6 N–H and O–H groups in total. The van der Waals surface area contributed by atoms with Crippen molar-refractivity contribution in [3.63, 3.8) is 0 Å². The second kappa shape index (κ2) is 23.9. The zero-order chi connectivity index (χ0) is 47.1. The maximum Gasteiger partial charge on any atom is 0.326 e. The van der Waals surface area contributed by atoms with E-state index in [9.17, 15) is 43.7 Å². The number of rotatable bonds is 26. The van der Waals surface area contributed by atoms with Gasteiger partial charge in [0.15, 0.2) is 11.6 Å². The summed E-state index contributed by atoms with van der Waals surface area (Å²) < 4.78 is 5.04. The number of Topliss-reactive ketones (excluding diaryl/α,β-unsaturated/α-hetero) is 2. The number of carbonyl (C=O) groups is 6. The van der Waals surface area contributed by atoms with Crippen LogP contribution in [0.4, 0.5) is 0 Å². The fourth-order valence-electron chi connectivity index (χ4n) is 7.90. The first-order valence-corrected chi connectivity index (χ1v) is 24.7. The van der Waals surface area contributed by atoms with E-state index in [2.05, 4.69) is 22.2 Å². The largest absolute Gasteiger partial charge is 0.480 e. The standard InChI is InChI=1S/C50H58N3O10PS/c1-32(2)23-40(29-46(55)43(51-31-54)21-22-65-4)48(57)52-44(28-35-14-18-37-10-6-8-12-39(37)25-35)47(56)30-41(26-34-13-17-36-9-5-7-11-38(36)24-34)49(58)53-45(50(59)60)27-33-15-19-42(20-16-33)63-64(3,61)62/h5-20,24-25,31-32,40-41,43-45,61-62H,3,21-23,26-30H2,1-2,4H3,(H,51,54)(H,52,57)(H,53,58)(H,59,60)/t40-,41?,43+,44?,45?/m0/s1. The van der Waals surface area contributed by atoms with Crippen LogP contribution in [0.3, 0.4) is 0 Å². The first kappa shape index (κ1) is 50.2. The highest BCUT2D eigenvalue weighted by Crippen LogP contribution is 2.37. The zero-order valence-electron chi connectivity index (χ0n) is 36.9. The van der Waals surface area contributed by atoms with Crippen molar-refractivity contribution >= 4 is 82.9 Å². The number of thioether (sulfide) groups is 1. The normalized spacial score (nSPS) is 13.9. The van der Waals surface area contributed by atoms with Crippen LogP contribution in [0.2, 0.25) is 0 Å². The maximum atomic E-state index is 14.8. The summed E-state index contributed by atoms with van der Waals surface area (Å²) in [5.74, 6) is -4.37. The van der Waals surface area contributed by atoms with Crippen molar-refractivity contribution in [2.75, 3.05) is 12.0 Å². The fourth-order valence-corrected chi connectivity index (χ4v) is 8.83. The quantitative estimate of drug-likeness (QED) is 0.0254. The highest BCUT2D eigenvalue weighted by molar-refractivity contribution is 7.98. The Labute approximate surface area is 384 Å². The average Bonchev–Trinajstić information content (AvgIpc) is 3.26. The molecule has 5 rings (SSSR count). The number of carboxylic acid groups (broad SMARTS) is 1. The molecule has 0 bridgehead atoms.